The maximum absolute atomic E-state index is 14.3. The summed E-state index contributed by atoms with van der Waals surface area (Å²) in [5.74, 6) is -6.89. The molecular formula is C67H117N7O17. The summed E-state index contributed by atoms with van der Waals surface area (Å²) in [7, 11) is 0. The summed E-state index contributed by atoms with van der Waals surface area (Å²) in [6.45, 7) is 6.85. The molecule has 0 heterocycles. The van der Waals surface area contributed by atoms with Crippen LogP contribution in [0.3, 0.4) is 0 Å². The Kier molecular flexibility index (Phi) is 48.3. The van der Waals surface area contributed by atoms with Crippen molar-refractivity contribution in [1.29, 1.82) is 5.41 Å². The van der Waals surface area contributed by atoms with Crippen molar-refractivity contribution in [3.8, 4) is 5.75 Å². The summed E-state index contributed by atoms with van der Waals surface area (Å²) < 4.78 is 21.8. The normalized spacial score (nSPS) is 13.2. The van der Waals surface area contributed by atoms with Crippen LogP contribution in [-0.4, -0.2) is 158 Å². The maximum Gasteiger partial charge on any atom is 0.326 e. The number of primary amides is 1. The highest BCUT2D eigenvalue weighted by atomic mass is 16.5. The number of ether oxygens (including phenoxy) is 4. The first-order chi connectivity index (χ1) is 43.6. The van der Waals surface area contributed by atoms with Crippen LogP contribution < -0.4 is 32.7 Å². The molecule has 1 aromatic rings. The van der Waals surface area contributed by atoms with Crippen LogP contribution in [0.1, 0.15) is 222 Å². The summed E-state index contributed by atoms with van der Waals surface area (Å²) in [5, 5.41) is 46.4. The summed E-state index contributed by atoms with van der Waals surface area (Å²) in [4.78, 5) is 126. The Morgan fingerprint density at radius 3 is 1.60 bits per heavy atom. The van der Waals surface area contributed by atoms with Crippen molar-refractivity contribution in [3.05, 3.63) is 29.8 Å². The van der Waals surface area contributed by atoms with Crippen molar-refractivity contribution in [2.75, 3.05) is 65.9 Å². The Balaban J connectivity index is 0. The molecule has 1 rings (SSSR count). The highest BCUT2D eigenvalue weighted by Gasteiger charge is 2.36. The minimum absolute atomic E-state index is 0. The second-order valence-electron chi connectivity index (χ2n) is 24.1. The third kappa shape index (κ3) is 45.5. The number of carboxylic acid groups (broad SMARTS) is 2. The minimum atomic E-state index is -1.18. The van der Waals surface area contributed by atoms with Crippen LogP contribution in [0.4, 0.5) is 0 Å². The lowest BCUT2D eigenvalue weighted by molar-refractivity contribution is -0.142. The van der Waals surface area contributed by atoms with Gasteiger partial charge in [0.05, 0.1) is 38.9 Å². The highest BCUT2D eigenvalue weighted by molar-refractivity contribution is 5.94. The Bertz CT molecular complexity index is 2280. The summed E-state index contributed by atoms with van der Waals surface area (Å²) in [6.07, 6.45) is 20.2. The number of benzene rings is 1. The quantitative estimate of drug-likeness (QED) is 0.0167. The van der Waals surface area contributed by atoms with E-state index >= 15 is 0 Å². The molecule has 6 atom stereocenters. The fourth-order valence-electron chi connectivity index (χ4n) is 10.3. The van der Waals surface area contributed by atoms with Crippen molar-refractivity contribution >= 4 is 64.7 Å². The number of phenols is 1. The second kappa shape index (κ2) is 53.2. The summed E-state index contributed by atoms with van der Waals surface area (Å²) in [6, 6.07) is 3.92. The number of carbonyl (C=O) groups is 10. The molecule has 0 fully saturated rings. The number of carboxylic acids is 2. The molecule has 0 radical (unpaired) electrons. The molecule has 0 aliphatic heterocycles. The van der Waals surface area contributed by atoms with Gasteiger partial charge in [-0.2, -0.15) is 0 Å². The Hall–Kier alpha value is -6.37. The molecule has 0 saturated heterocycles. The average molecular weight is 1290 g/mol. The summed E-state index contributed by atoms with van der Waals surface area (Å²) in [5.41, 5.74) is 11.9. The number of Topliss-reactive ketones (excluding diaryl/α,β-unsaturated/α-hetero) is 3. The second-order valence-corrected chi connectivity index (χ2v) is 24.1. The van der Waals surface area contributed by atoms with Gasteiger partial charge in [0.25, 0.3) is 0 Å². The van der Waals surface area contributed by atoms with Crippen LogP contribution in [-0.2, 0) is 73.3 Å². The molecular weight excluding hydrogens is 1170 g/mol. The highest BCUT2D eigenvalue weighted by Crippen LogP contribution is 2.29. The van der Waals surface area contributed by atoms with Crippen molar-refractivity contribution in [2.24, 2.45) is 35.1 Å². The lowest BCUT2D eigenvalue weighted by atomic mass is 9.77. The zero-order valence-electron chi connectivity index (χ0n) is 55.0. The maximum atomic E-state index is 14.3. The molecule has 0 aliphatic rings. The number of hydrogen-bond acceptors (Lipinski definition) is 16. The molecule has 24 heteroatoms. The number of rotatable bonds is 62. The number of nitrogens with two attached hydrogens (primary N) is 2. The predicted molar refractivity (Wildman–Crippen MR) is 350 cm³/mol. The smallest absolute Gasteiger partial charge is 0.326 e. The van der Waals surface area contributed by atoms with Gasteiger partial charge in [-0.25, -0.2) is 4.79 Å². The molecule has 0 aliphatic carbocycles. The molecule has 0 bridgehead atoms. The lowest BCUT2D eigenvalue weighted by Crippen LogP contribution is -2.49. The SMILES string of the molecule is CCC(C)CC(=O)C[C@@H](CCCCNC(=O)COCCOCCNC(=O)COCCOCCCC(=O)CCC(NC(=O)CCCCCCCCCCCCCCCCC(=O)O)C(=O)O)C(=O)C(C)[C@@H](CCCCC(=N)N)C(=O)N[C@@H](Cc1ccc(O)cc1)C(N)=O.[HH].[HH]. The van der Waals surface area contributed by atoms with Crippen LogP contribution in [0.5, 0.6) is 5.75 Å². The summed E-state index contributed by atoms with van der Waals surface area (Å²) >= 11 is 0. The monoisotopic (exact) mass is 1290 g/mol. The number of unbranched alkanes of at least 4 members (excludes halogenated alkanes) is 15. The van der Waals surface area contributed by atoms with E-state index in [4.69, 9.17) is 40.9 Å². The molecule has 522 valence electrons. The van der Waals surface area contributed by atoms with E-state index in [0.717, 1.165) is 51.4 Å². The molecule has 3 unspecified atom stereocenters. The standard InChI is InChI=1S/C67H113N7O17.2H2/c1-4-49(2)44-55(77)46-52(64(83)50(3)56(26-19-20-27-59(68)69)66(85)74-58(65(70)84)45-51-30-32-54(76)33-31-51)24-21-22-36-71-61(79)47-91-43-41-89-39-37-72-62(80)48-90-42-40-88-38-23-25-53(75)34-35-57(67(86)87)73-60(78)28-17-15-13-11-9-7-5-6-8-10-12-14-16-18-29-63(81)82;;/h30-33,49-50,52,56-58,76H,4-29,34-48H2,1-3H3,(H3,68,69)(H2,70,84)(H,71,79)(H,72,80)(H,73,78)(H,74,85)(H,81,82)(H,86,87);2*1H/t49?,50?,52-,56-,57?,58+;;/m1../s1. The fraction of sp³-hybridized carbons (Fsp3) is 0.746. The number of aliphatic carboxylic acids is 2. The van der Waals surface area contributed by atoms with Gasteiger partial charge in [0.1, 0.15) is 48.4 Å². The Labute approximate surface area is 543 Å². The molecule has 12 N–H and O–H groups in total. The number of phenolic OH excluding ortho intramolecular Hbond substituents is 1. The molecule has 24 nitrogen and oxygen atoms in total. The van der Waals surface area contributed by atoms with E-state index in [1.165, 1.54) is 50.7 Å². The van der Waals surface area contributed by atoms with Gasteiger partial charge in [0.15, 0.2) is 0 Å². The van der Waals surface area contributed by atoms with Crippen LogP contribution in [0.2, 0.25) is 0 Å². The van der Waals surface area contributed by atoms with Crippen molar-refractivity contribution in [1.82, 2.24) is 21.3 Å². The number of nitrogens with one attached hydrogen (secondary N) is 5. The van der Waals surface area contributed by atoms with Crippen molar-refractivity contribution < 1.29 is 85.1 Å². The molecule has 1 aromatic carbocycles. The molecule has 91 heavy (non-hydrogen) atoms. The van der Waals surface area contributed by atoms with Gasteiger partial charge in [-0.1, -0.05) is 129 Å². The first-order valence-corrected chi connectivity index (χ1v) is 33.5. The third-order valence-electron chi connectivity index (χ3n) is 16.0. The van der Waals surface area contributed by atoms with Gasteiger partial charge >= 0.3 is 11.9 Å². The van der Waals surface area contributed by atoms with E-state index in [1.54, 1.807) is 19.1 Å². The topological polar surface area (TPSA) is 392 Å². The predicted octanol–water partition coefficient (Wildman–Crippen LogP) is 8.22. The van der Waals surface area contributed by atoms with E-state index < -0.39 is 53.6 Å². The number of amides is 5. The average Bonchev–Trinajstić information content (AvgIpc) is 1.10. The van der Waals surface area contributed by atoms with Gasteiger partial charge in [-0.05, 0) is 75.0 Å². The number of aromatic hydroxyl groups is 1. The number of ketones is 3. The van der Waals surface area contributed by atoms with Gasteiger partial charge in [-0.3, -0.25) is 48.6 Å². The number of carbonyl (C=O) groups excluding carboxylic acids is 8. The fourth-order valence-corrected chi connectivity index (χ4v) is 10.3. The number of amidine groups is 1. The van der Waals surface area contributed by atoms with E-state index in [0.29, 0.717) is 69.9 Å². The zero-order chi connectivity index (χ0) is 67.4. The van der Waals surface area contributed by atoms with Crippen molar-refractivity contribution in [2.45, 2.75) is 232 Å². The molecule has 0 spiro atoms. The lowest BCUT2D eigenvalue weighted by Gasteiger charge is -2.28. The van der Waals surface area contributed by atoms with Crippen molar-refractivity contribution in [3.63, 3.8) is 0 Å². The number of hydrogen-bond donors (Lipinski definition) is 10. The first-order valence-electron chi connectivity index (χ1n) is 33.5. The minimum Gasteiger partial charge on any atom is -0.508 e. The van der Waals surface area contributed by atoms with E-state index in [2.05, 4.69) is 21.3 Å². The van der Waals surface area contributed by atoms with Gasteiger partial charge in [0, 0.05) is 91.7 Å². The zero-order valence-corrected chi connectivity index (χ0v) is 55.0. The molecule has 0 saturated carbocycles. The van der Waals surface area contributed by atoms with Crippen LogP contribution in [0, 0.1) is 29.1 Å². The van der Waals surface area contributed by atoms with E-state index in [-0.39, 0.29) is 166 Å². The largest absolute Gasteiger partial charge is 0.508 e. The van der Waals surface area contributed by atoms with E-state index in [9.17, 15) is 58.2 Å². The van der Waals surface area contributed by atoms with Crippen LogP contribution in [0.25, 0.3) is 0 Å². The molecule has 5 amide bonds. The Morgan fingerprint density at radius 1 is 0.527 bits per heavy atom. The van der Waals surface area contributed by atoms with Crippen LogP contribution >= 0.6 is 0 Å². The van der Waals surface area contributed by atoms with Gasteiger partial charge < -0.3 is 67.0 Å². The van der Waals surface area contributed by atoms with E-state index in [1.807, 2.05) is 13.8 Å². The van der Waals surface area contributed by atoms with Gasteiger partial charge in [0.2, 0.25) is 29.5 Å². The van der Waals surface area contributed by atoms with Gasteiger partial charge in [-0.15, -0.1) is 0 Å². The Morgan fingerprint density at radius 2 is 1.05 bits per heavy atom. The van der Waals surface area contributed by atoms with Crippen LogP contribution in [0.15, 0.2) is 24.3 Å². The first kappa shape index (κ1) is 82.6. The third-order valence-corrected chi connectivity index (χ3v) is 16.0. The molecule has 0 aromatic heterocycles.